The van der Waals surface area contributed by atoms with Crippen molar-refractivity contribution < 1.29 is 9.90 Å². The molecule has 5 nitrogen and oxygen atoms in total. The number of aromatic nitrogens is 1. The lowest BCUT2D eigenvalue weighted by molar-refractivity contribution is 0.100. The summed E-state index contributed by atoms with van der Waals surface area (Å²) < 4.78 is 2.12. The van der Waals surface area contributed by atoms with Crippen molar-refractivity contribution in [1.82, 2.24) is 4.57 Å². The summed E-state index contributed by atoms with van der Waals surface area (Å²) in [7, 11) is 0. The second kappa shape index (κ2) is 8.13. The van der Waals surface area contributed by atoms with Gasteiger partial charge >= 0.3 is 0 Å². The summed E-state index contributed by atoms with van der Waals surface area (Å²) in [4.78, 5) is 12.0. The Hall–Kier alpha value is -3.05. The number of aryl methyl sites for hydroxylation is 1. The number of nitrogens with two attached hydrogens (primary N) is 1. The van der Waals surface area contributed by atoms with Gasteiger partial charge in [0.2, 0.25) is 0 Å². The highest BCUT2D eigenvalue weighted by molar-refractivity contribution is 5.99. The molecule has 0 atom stereocenters. The van der Waals surface area contributed by atoms with Gasteiger partial charge in [0.05, 0.1) is 17.4 Å². The lowest BCUT2D eigenvalue weighted by Crippen LogP contribution is -2.29. The Morgan fingerprint density at radius 1 is 1.07 bits per heavy atom. The van der Waals surface area contributed by atoms with Gasteiger partial charge in [0.15, 0.2) is 0 Å². The largest absolute Gasteiger partial charge is 0.393 e. The molecule has 4 N–H and O–H groups in total. The van der Waals surface area contributed by atoms with Crippen LogP contribution in [0.4, 0.5) is 5.69 Å². The van der Waals surface area contributed by atoms with Gasteiger partial charge in [-0.3, -0.25) is 4.79 Å². The third-order valence-electron chi connectivity index (χ3n) is 5.67. The molecule has 1 amide bonds. The predicted octanol–water partition coefficient (Wildman–Crippen LogP) is 4.27. The maximum atomic E-state index is 12.0. The molecule has 29 heavy (non-hydrogen) atoms. The molecule has 2 aromatic carbocycles. The molecule has 150 valence electrons. The minimum absolute atomic E-state index is 0.216. The van der Waals surface area contributed by atoms with E-state index in [9.17, 15) is 9.90 Å². The van der Waals surface area contributed by atoms with Crippen LogP contribution >= 0.6 is 0 Å². The molecule has 0 spiro atoms. The standard InChI is InChI=1S/C24H27N3O2/c1-16-4-2-5-17(14-16)23-6-3-13-27(23)19-9-12-21(24(25)29)22(15-19)26-18-7-10-20(28)11-8-18/h2-6,9,12-15,18,20,26,28H,7-8,10-11H2,1H3,(H2,25,29)/t18-,20-. The highest BCUT2D eigenvalue weighted by Crippen LogP contribution is 2.29. The normalized spacial score (nSPS) is 19.1. The molecule has 5 heteroatoms. The van der Waals surface area contributed by atoms with Crippen LogP contribution in [-0.4, -0.2) is 27.7 Å². The topological polar surface area (TPSA) is 80.3 Å². The Morgan fingerprint density at radius 2 is 1.86 bits per heavy atom. The fourth-order valence-electron chi connectivity index (χ4n) is 4.10. The minimum Gasteiger partial charge on any atom is -0.393 e. The third kappa shape index (κ3) is 4.20. The van der Waals surface area contributed by atoms with Gasteiger partial charge in [-0.05, 0) is 74.6 Å². The quantitative estimate of drug-likeness (QED) is 0.610. The van der Waals surface area contributed by atoms with Crippen LogP contribution in [0.3, 0.4) is 0 Å². The summed E-state index contributed by atoms with van der Waals surface area (Å²) in [6.45, 7) is 2.08. The fraction of sp³-hybridized carbons (Fsp3) is 0.292. The first-order chi connectivity index (χ1) is 14.0. The van der Waals surface area contributed by atoms with Crippen LogP contribution in [0.2, 0.25) is 0 Å². The number of carbonyl (C=O) groups excluding carboxylic acids is 1. The molecule has 1 heterocycles. The van der Waals surface area contributed by atoms with Gasteiger partial charge in [0.1, 0.15) is 0 Å². The molecule has 1 aliphatic rings. The minimum atomic E-state index is -0.443. The predicted molar refractivity (Wildman–Crippen MR) is 116 cm³/mol. The van der Waals surface area contributed by atoms with Crippen LogP contribution < -0.4 is 11.1 Å². The lowest BCUT2D eigenvalue weighted by Gasteiger charge is -2.28. The van der Waals surface area contributed by atoms with Crippen molar-refractivity contribution in [1.29, 1.82) is 0 Å². The van der Waals surface area contributed by atoms with Crippen molar-refractivity contribution in [3.63, 3.8) is 0 Å². The Bertz CT molecular complexity index is 1020. The van der Waals surface area contributed by atoms with Crippen molar-refractivity contribution in [3.8, 4) is 16.9 Å². The number of rotatable bonds is 5. The number of primary amides is 1. The van der Waals surface area contributed by atoms with Gasteiger partial charge in [-0.25, -0.2) is 0 Å². The number of amides is 1. The number of nitrogens with one attached hydrogen (secondary N) is 1. The van der Waals surface area contributed by atoms with Crippen LogP contribution in [0.25, 0.3) is 16.9 Å². The van der Waals surface area contributed by atoms with E-state index in [1.807, 2.05) is 24.4 Å². The van der Waals surface area contributed by atoms with E-state index in [4.69, 9.17) is 5.73 Å². The van der Waals surface area contributed by atoms with Gasteiger partial charge in [0, 0.05) is 23.6 Å². The molecular formula is C24H27N3O2. The van der Waals surface area contributed by atoms with Crippen molar-refractivity contribution in [2.45, 2.75) is 44.8 Å². The average Bonchev–Trinajstić information content (AvgIpc) is 3.19. The summed E-state index contributed by atoms with van der Waals surface area (Å²) in [5.41, 5.74) is 11.3. The van der Waals surface area contributed by atoms with Gasteiger partial charge < -0.3 is 20.7 Å². The molecule has 0 radical (unpaired) electrons. The van der Waals surface area contributed by atoms with Gasteiger partial charge in [0.25, 0.3) is 5.91 Å². The first-order valence-electron chi connectivity index (χ1n) is 10.1. The van der Waals surface area contributed by atoms with Crippen molar-refractivity contribution in [2.24, 2.45) is 5.73 Å². The van der Waals surface area contributed by atoms with E-state index in [-0.39, 0.29) is 12.1 Å². The zero-order chi connectivity index (χ0) is 20.4. The molecule has 1 aromatic heterocycles. The maximum absolute atomic E-state index is 12.0. The molecule has 0 unspecified atom stereocenters. The second-order valence-corrected chi connectivity index (χ2v) is 7.88. The number of benzene rings is 2. The van der Waals surface area contributed by atoms with E-state index >= 15 is 0 Å². The molecule has 0 bridgehead atoms. The number of carbonyl (C=O) groups is 1. The van der Waals surface area contributed by atoms with Gasteiger partial charge in [-0.1, -0.05) is 23.8 Å². The van der Waals surface area contributed by atoms with E-state index < -0.39 is 5.91 Å². The molecular weight excluding hydrogens is 362 g/mol. The SMILES string of the molecule is Cc1cccc(-c2cccn2-c2ccc(C(N)=O)c(N[C@H]3CC[C@H](O)CC3)c2)c1. The van der Waals surface area contributed by atoms with Crippen LogP contribution in [0.1, 0.15) is 41.6 Å². The van der Waals surface area contributed by atoms with Crippen molar-refractivity contribution in [3.05, 3.63) is 71.9 Å². The first kappa shape index (κ1) is 19.3. The summed E-state index contributed by atoms with van der Waals surface area (Å²) in [6, 6.07) is 18.5. The number of hydrogen-bond acceptors (Lipinski definition) is 3. The van der Waals surface area contributed by atoms with Crippen LogP contribution in [-0.2, 0) is 0 Å². The monoisotopic (exact) mass is 389 g/mol. The maximum Gasteiger partial charge on any atom is 0.250 e. The Kier molecular flexibility index (Phi) is 5.41. The fourth-order valence-corrected chi connectivity index (χ4v) is 4.10. The van der Waals surface area contributed by atoms with E-state index in [1.165, 1.54) is 5.56 Å². The van der Waals surface area contributed by atoms with Crippen LogP contribution in [0.5, 0.6) is 0 Å². The Balaban J connectivity index is 1.69. The summed E-state index contributed by atoms with van der Waals surface area (Å²) >= 11 is 0. The average molecular weight is 389 g/mol. The Morgan fingerprint density at radius 3 is 2.59 bits per heavy atom. The smallest absolute Gasteiger partial charge is 0.250 e. The van der Waals surface area contributed by atoms with Crippen molar-refractivity contribution in [2.75, 3.05) is 5.32 Å². The third-order valence-corrected chi connectivity index (χ3v) is 5.67. The number of aliphatic hydroxyl groups excluding tert-OH is 1. The number of hydrogen-bond donors (Lipinski definition) is 3. The number of aliphatic hydroxyl groups is 1. The van der Waals surface area contributed by atoms with Crippen LogP contribution in [0, 0.1) is 6.92 Å². The zero-order valence-electron chi connectivity index (χ0n) is 16.6. The number of anilines is 1. The molecule has 1 saturated carbocycles. The first-order valence-corrected chi connectivity index (χ1v) is 10.1. The molecule has 1 aliphatic carbocycles. The lowest BCUT2D eigenvalue weighted by atomic mass is 9.92. The molecule has 0 saturated heterocycles. The molecule has 3 aromatic rings. The summed E-state index contributed by atoms with van der Waals surface area (Å²) in [5, 5.41) is 13.3. The summed E-state index contributed by atoms with van der Waals surface area (Å²) in [5.74, 6) is -0.443. The summed E-state index contributed by atoms with van der Waals surface area (Å²) in [6.07, 6.45) is 5.12. The Labute approximate surface area is 171 Å². The van der Waals surface area contributed by atoms with E-state index in [1.54, 1.807) is 6.07 Å². The highest BCUT2D eigenvalue weighted by Gasteiger charge is 2.21. The van der Waals surface area contributed by atoms with E-state index in [2.05, 4.69) is 47.1 Å². The zero-order valence-corrected chi connectivity index (χ0v) is 16.6. The van der Waals surface area contributed by atoms with E-state index in [0.717, 1.165) is 48.3 Å². The van der Waals surface area contributed by atoms with E-state index in [0.29, 0.717) is 5.56 Å². The molecule has 1 fully saturated rings. The molecule has 0 aliphatic heterocycles. The van der Waals surface area contributed by atoms with Crippen LogP contribution in [0.15, 0.2) is 60.8 Å². The van der Waals surface area contributed by atoms with Gasteiger partial charge in [-0.15, -0.1) is 0 Å². The highest BCUT2D eigenvalue weighted by atomic mass is 16.3. The molecule has 4 rings (SSSR count). The second-order valence-electron chi connectivity index (χ2n) is 7.88. The number of nitrogens with zero attached hydrogens (tertiary/aromatic N) is 1. The van der Waals surface area contributed by atoms with Crippen molar-refractivity contribution >= 4 is 11.6 Å². The van der Waals surface area contributed by atoms with Gasteiger partial charge in [-0.2, -0.15) is 0 Å².